The van der Waals surface area contributed by atoms with Gasteiger partial charge < -0.3 is 14.6 Å². The lowest BCUT2D eigenvalue weighted by atomic mass is 10.1. The number of carbonyl (C=O) groups is 2. The Morgan fingerprint density at radius 3 is 2.35 bits per heavy atom. The molecule has 1 N–H and O–H groups in total. The van der Waals surface area contributed by atoms with E-state index in [1.165, 1.54) is 24.3 Å². The van der Waals surface area contributed by atoms with Crippen LogP contribution in [0.3, 0.4) is 0 Å². The summed E-state index contributed by atoms with van der Waals surface area (Å²) in [5.74, 6) is -0.0604. The van der Waals surface area contributed by atoms with E-state index in [2.05, 4.69) is 0 Å². The fourth-order valence-corrected chi connectivity index (χ4v) is 1.82. The van der Waals surface area contributed by atoms with Gasteiger partial charge >= 0.3 is 11.9 Å². The molecular formula is C18H17O5. The van der Waals surface area contributed by atoms with Crippen molar-refractivity contribution in [3.63, 3.8) is 0 Å². The molecule has 0 saturated carbocycles. The van der Waals surface area contributed by atoms with Crippen LogP contribution in [0.1, 0.15) is 27.6 Å². The monoisotopic (exact) mass is 313 g/mol. The van der Waals surface area contributed by atoms with Gasteiger partial charge in [-0.3, -0.25) is 0 Å². The predicted molar refractivity (Wildman–Crippen MR) is 84.5 cm³/mol. The third-order valence-electron chi connectivity index (χ3n) is 3.02. The molecule has 0 fully saturated rings. The van der Waals surface area contributed by atoms with Crippen LogP contribution >= 0.6 is 0 Å². The van der Waals surface area contributed by atoms with Gasteiger partial charge in [0.15, 0.2) is 0 Å². The Balaban J connectivity index is 1.81. The molecule has 0 atom stereocenters. The maximum absolute atomic E-state index is 11.9. The summed E-state index contributed by atoms with van der Waals surface area (Å²) in [6, 6.07) is 15.1. The molecule has 2 aromatic carbocycles. The van der Waals surface area contributed by atoms with Crippen LogP contribution in [0.5, 0.6) is 5.75 Å². The van der Waals surface area contributed by atoms with Gasteiger partial charge in [-0.2, -0.15) is 0 Å². The van der Waals surface area contributed by atoms with E-state index >= 15 is 0 Å². The van der Waals surface area contributed by atoms with Gasteiger partial charge in [-0.15, -0.1) is 0 Å². The van der Waals surface area contributed by atoms with Crippen molar-refractivity contribution in [3.05, 3.63) is 71.6 Å². The van der Waals surface area contributed by atoms with Crippen LogP contribution in [0.15, 0.2) is 54.6 Å². The van der Waals surface area contributed by atoms with Crippen LogP contribution in [0.25, 0.3) is 0 Å². The van der Waals surface area contributed by atoms with Crippen molar-refractivity contribution >= 4 is 11.9 Å². The second-order valence-electron chi connectivity index (χ2n) is 5.02. The van der Waals surface area contributed by atoms with Gasteiger partial charge in [0.25, 0.3) is 0 Å². The Kier molecular flexibility index (Phi) is 5.74. The summed E-state index contributed by atoms with van der Waals surface area (Å²) in [7, 11) is 0. The average Bonchev–Trinajstić information content (AvgIpc) is 2.58. The van der Waals surface area contributed by atoms with Crippen molar-refractivity contribution in [2.24, 2.45) is 0 Å². The first kappa shape index (κ1) is 16.5. The Bertz CT molecular complexity index is 666. The molecule has 0 bridgehead atoms. The molecule has 0 unspecified atom stereocenters. The van der Waals surface area contributed by atoms with Gasteiger partial charge in [-0.1, -0.05) is 31.2 Å². The molecule has 0 saturated heterocycles. The van der Waals surface area contributed by atoms with Gasteiger partial charge in [0.1, 0.15) is 12.4 Å². The molecule has 119 valence electrons. The summed E-state index contributed by atoms with van der Waals surface area (Å²) >= 11 is 0. The first-order chi connectivity index (χ1) is 11.1. The van der Waals surface area contributed by atoms with E-state index in [0.29, 0.717) is 6.61 Å². The van der Waals surface area contributed by atoms with E-state index in [1.54, 1.807) is 0 Å². The fourth-order valence-electron chi connectivity index (χ4n) is 1.82. The molecule has 5 heteroatoms. The van der Waals surface area contributed by atoms with Gasteiger partial charge in [-0.25, -0.2) is 9.59 Å². The number of para-hydroxylation sites is 1. The third kappa shape index (κ3) is 5.14. The minimum atomic E-state index is -1.08. The lowest BCUT2D eigenvalue weighted by Crippen LogP contribution is -2.16. The summed E-state index contributed by atoms with van der Waals surface area (Å²) in [4.78, 5) is 22.8. The number of rotatable bonds is 7. The second-order valence-corrected chi connectivity index (χ2v) is 5.02. The predicted octanol–water partition coefficient (Wildman–Crippen LogP) is 3.21. The van der Waals surface area contributed by atoms with E-state index in [-0.39, 0.29) is 17.7 Å². The Hall–Kier alpha value is -2.82. The highest BCUT2D eigenvalue weighted by Crippen LogP contribution is 2.12. The van der Waals surface area contributed by atoms with E-state index in [4.69, 9.17) is 14.6 Å². The van der Waals surface area contributed by atoms with Crippen molar-refractivity contribution < 1.29 is 24.2 Å². The zero-order valence-electron chi connectivity index (χ0n) is 12.7. The number of esters is 1. The van der Waals surface area contributed by atoms with E-state index in [9.17, 15) is 9.59 Å². The summed E-state index contributed by atoms with van der Waals surface area (Å²) in [5, 5.41) is 8.91. The van der Waals surface area contributed by atoms with Crippen molar-refractivity contribution in [3.8, 4) is 5.75 Å². The van der Waals surface area contributed by atoms with Crippen molar-refractivity contribution in [1.82, 2.24) is 0 Å². The number of hydrogen-bond donors (Lipinski definition) is 1. The molecular weight excluding hydrogens is 296 g/mol. The van der Waals surface area contributed by atoms with Gasteiger partial charge in [0.05, 0.1) is 17.7 Å². The number of carbonyl (C=O) groups excluding carboxylic acids is 1. The Morgan fingerprint density at radius 2 is 1.65 bits per heavy atom. The van der Waals surface area contributed by atoms with Crippen LogP contribution in [0.2, 0.25) is 0 Å². The maximum atomic E-state index is 11.9. The largest absolute Gasteiger partial charge is 0.493 e. The Labute approximate surface area is 134 Å². The summed E-state index contributed by atoms with van der Waals surface area (Å²) in [6.45, 7) is 2.28. The van der Waals surface area contributed by atoms with Crippen LogP contribution in [-0.4, -0.2) is 30.3 Å². The van der Waals surface area contributed by atoms with E-state index in [1.807, 2.05) is 37.3 Å². The number of aromatic carboxylic acids is 1. The maximum Gasteiger partial charge on any atom is 0.338 e. The zero-order chi connectivity index (χ0) is 16.7. The van der Waals surface area contributed by atoms with Crippen LogP contribution in [0, 0.1) is 5.92 Å². The van der Waals surface area contributed by atoms with Crippen LogP contribution < -0.4 is 4.74 Å². The summed E-state index contributed by atoms with van der Waals surface area (Å²) in [6.07, 6.45) is 0. The average molecular weight is 313 g/mol. The topological polar surface area (TPSA) is 72.8 Å². The molecule has 0 aromatic heterocycles. The standard InChI is InChI=1S/C18H17O5/c1-13(11-22-16-8-3-2-4-9-16)12-23-18(21)15-7-5-6-14(10-15)17(19)20/h2-10H,11-12H2,1H3,(H,19,20). The molecule has 0 amide bonds. The second kappa shape index (κ2) is 7.98. The molecule has 1 radical (unpaired) electrons. The number of carboxylic acids is 1. The number of benzene rings is 2. The van der Waals surface area contributed by atoms with Gasteiger partial charge in [0.2, 0.25) is 0 Å². The molecule has 23 heavy (non-hydrogen) atoms. The molecule has 2 rings (SSSR count). The lowest BCUT2D eigenvalue weighted by molar-refractivity contribution is 0.0510. The minimum Gasteiger partial charge on any atom is -0.493 e. The fraction of sp³-hybridized carbons (Fsp3) is 0.167. The van der Waals surface area contributed by atoms with Crippen LogP contribution in [0.4, 0.5) is 0 Å². The molecule has 0 aliphatic rings. The van der Waals surface area contributed by atoms with Gasteiger partial charge in [0, 0.05) is 5.92 Å². The molecule has 0 aliphatic carbocycles. The van der Waals surface area contributed by atoms with Gasteiger partial charge in [-0.05, 0) is 30.3 Å². The first-order valence-corrected chi connectivity index (χ1v) is 7.06. The van der Waals surface area contributed by atoms with Crippen molar-refractivity contribution in [1.29, 1.82) is 0 Å². The molecule has 2 aromatic rings. The highest BCUT2D eigenvalue weighted by Gasteiger charge is 2.13. The molecule has 0 aliphatic heterocycles. The van der Waals surface area contributed by atoms with Crippen molar-refractivity contribution in [2.45, 2.75) is 6.92 Å². The first-order valence-electron chi connectivity index (χ1n) is 7.06. The third-order valence-corrected chi connectivity index (χ3v) is 3.02. The SMILES string of the molecule is C[C](COC(=O)c1cccc(C(=O)O)c1)COc1ccccc1. The number of hydrogen-bond acceptors (Lipinski definition) is 4. The molecule has 5 nitrogen and oxygen atoms in total. The lowest BCUT2D eigenvalue weighted by Gasteiger charge is -2.13. The van der Waals surface area contributed by atoms with E-state index < -0.39 is 11.9 Å². The van der Waals surface area contributed by atoms with E-state index in [0.717, 1.165) is 11.7 Å². The molecule has 0 spiro atoms. The minimum absolute atomic E-state index is 0.0487. The Morgan fingerprint density at radius 1 is 0.957 bits per heavy atom. The van der Waals surface area contributed by atoms with Crippen LogP contribution in [-0.2, 0) is 4.74 Å². The quantitative estimate of drug-likeness (QED) is 0.795. The highest BCUT2D eigenvalue weighted by atomic mass is 16.5. The summed E-state index contributed by atoms with van der Waals surface area (Å²) in [5.41, 5.74) is 0.259. The number of ether oxygens (including phenoxy) is 2. The smallest absolute Gasteiger partial charge is 0.338 e. The zero-order valence-corrected chi connectivity index (χ0v) is 12.7. The molecule has 0 heterocycles. The highest BCUT2D eigenvalue weighted by molar-refractivity contribution is 5.94. The van der Waals surface area contributed by atoms with Crippen molar-refractivity contribution in [2.75, 3.05) is 13.2 Å². The number of carboxylic acid groups (broad SMARTS) is 1. The summed E-state index contributed by atoms with van der Waals surface area (Å²) < 4.78 is 10.7. The normalized spacial score (nSPS) is 10.3.